The Bertz CT molecular complexity index is 771. The molecule has 0 radical (unpaired) electrons. The maximum Gasteiger partial charge on any atom is 0.246 e. The summed E-state index contributed by atoms with van der Waals surface area (Å²) in [5.41, 5.74) is 6.37. The summed E-state index contributed by atoms with van der Waals surface area (Å²) in [6.07, 6.45) is 5.44. The molecule has 1 aliphatic rings. The summed E-state index contributed by atoms with van der Waals surface area (Å²) >= 11 is 0. The van der Waals surface area contributed by atoms with Gasteiger partial charge in [-0.2, -0.15) is 14.5 Å². The van der Waals surface area contributed by atoms with Gasteiger partial charge in [-0.3, -0.25) is 4.68 Å². The van der Waals surface area contributed by atoms with Crippen LogP contribution in [0.4, 0.5) is 5.82 Å². The molecule has 23 heavy (non-hydrogen) atoms. The Kier molecular flexibility index (Phi) is 4.31. The third-order valence-electron chi connectivity index (χ3n) is 4.04. The van der Waals surface area contributed by atoms with Gasteiger partial charge in [-0.15, -0.1) is 5.10 Å². The normalized spacial score (nSPS) is 19.8. The number of nitrogen functional groups attached to an aromatic ring is 1. The lowest BCUT2D eigenvalue weighted by Gasteiger charge is -2.31. The smallest absolute Gasteiger partial charge is 0.246 e. The monoisotopic (exact) mass is 336 g/mol. The molecule has 124 valence electrons. The van der Waals surface area contributed by atoms with Crippen molar-refractivity contribution < 1.29 is 8.42 Å². The molecule has 3 heterocycles. The standard InChI is InChI=1S/C14H20N6O2S/c1-19-10-13(8-16-19)23(21,22)20-6-2-3-11(9-20)7-12-4-5-14(15)18-17-12/h4-5,8,10-11H,2-3,6-7,9H2,1H3,(H2,15,18). The second-order valence-corrected chi connectivity index (χ2v) is 7.81. The first-order valence-corrected chi connectivity index (χ1v) is 8.96. The summed E-state index contributed by atoms with van der Waals surface area (Å²) in [5.74, 6) is 0.617. The van der Waals surface area contributed by atoms with Crippen LogP contribution >= 0.6 is 0 Å². The van der Waals surface area contributed by atoms with Crippen LogP contribution in [0.1, 0.15) is 18.5 Å². The first-order chi connectivity index (χ1) is 10.9. The van der Waals surface area contributed by atoms with Crippen molar-refractivity contribution in [1.82, 2.24) is 24.3 Å². The fourth-order valence-electron chi connectivity index (χ4n) is 2.87. The lowest BCUT2D eigenvalue weighted by atomic mass is 9.94. The molecule has 3 rings (SSSR count). The van der Waals surface area contributed by atoms with E-state index < -0.39 is 10.0 Å². The Morgan fingerprint density at radius 2 is 2.17 bits per heavy atom. The minimum atomic E-state index is -3.48. The van der Waals surface area contributed by atoms with Crippen molar-refractivity contribution in [3.8, 4) is 0 Å². The number of nitrogens with two attached hydrogens (primary N) is 1. The van der Waals surface area contributed by atoms with Gasteiger partial charge < -0.3 is 5.73 Å². The van der Waals surface area contributed by atoms with E-state index in [-0.39, 0.29) is 10.8 Å². The topological polar surface area (TPSA) is 107 Å². The van der Waals surface area contributed by atoms with Gasteiger partial charge in [0.05, 0.1) is 11.9 Å². The van der Waals surface area contributed by atoms with Gasteiger partial charge >= 0.3 is 0 Å². The quantitative estimate of drug-likeness (QED) is 0.868. The van der Waals surface area contributed by atoms with Crippen LogP contribution in [-0.4, -0.2) is 45.8 Å². The predicted molar refractivity (Wildman–Crippen MR) is 84.8 cm³/mol. The van der Waals surface area contributed by atoms with Crippen LogP contribution in [-0.2, 0) is 23.5 Å². The van der Waals surface area contributed by atoms with Gasteiger partial charge in [-0.25, -0.2) is 8.42 Å². The number of rotatable bonds is 4. The van der Waals surface area contributed by atoms with Gasteiger partial charge in [-0.05, 0) is 37.3 Å². The molecule has 9 heteroatoms. The van der Waals surface area contributed by atoms with Gasteiger partial charge in [0.25, 0.3) is 0 Å². The Balaban J connectivity index is 1.71. The summed E-state index contributed by atoms with van der Waals surface area (Å²) < 4.78 is 28.4. The van der Waals surface area contributed by atoms with Crippen LogP contribution in [0.25, 0.3) is 0 Å². The molecule has 0 aliphatic carbocycles. The zero-order valence-electron chi connectivity index (χ0n) is 13.0. The molecule has 1 unspecified atom stereocenters. The van der Waals surface area contributed by atoms with Gasteiger partial charge in [0.1, 0.15) is 10.7 Å². The maximum absolute atomic E-state index is 12.7. The van der Waals surface area contributed by atoms with Crippen LogP contribution in [0, 0.1) is 5.92 Å². The number of aromatic nitrogens is 4. The van der Waals surface area contributed by atoms with Gasteiger partial charge in [0.2, 0.25) is 10.0 Å². The Hall–Kier alpha value is -2.00. The Labute approximate surface area is 135 Å². The summed E-state index contributed by atoms with van der Waals surface area (Å²) in [4.78, 5) is 0.243. The lowest BCUT2D eigenvalue weighted by Crippen LogP contribution is -2.40. The largest absolute Gasteiger partial charge is 0.382 e. The third-order valence-corrected chi connectivity index (χ3v) is 5.86. The number of piperidine rings is 1. The maximum atomic E-state index is 12.7. The van der Waals surface area contributed by atoms with Gasteiger partial charge in [-0.1, -0.05) is 0 Å². The van der Waals surface area contributed by atoms with Crippen molar-refractivity contribution in [2.45, 2.75) is 24.2 Å². The summed E-state index contributed by atoms with van der Waals surface area (Å²) in [6.45, 7) is 1.03. The molecule has 1 atom stereocenters. The SMILES string of the molecule is Cn1cc(S(=O)(=O)N2CCCC(Cc3ccc(N)nn3)C2)cn1. The molecule has 1 aliphatic heterocycles. The zero-order valence-corrected chi connectivity index (χ0v) is 13.8. The molecule has 0 bridgehead atoms. The first kappa shape index (κ1) is 15.9. The van der Waals surface area contributed by atoms with Crippen LogP contribution < -0.4 is 5.73 Å². The zero-order chi connectivity index (χ0) is 16.4. The van der Waals surface area contributed by atoms with Crippen molar-refractivity contribution in [2.24, 2.45) is 13.0 Å². The molecular formula is C14H20N6O2S. The van der Waals surface area contributed by atoms with Crippen molar-refractivity contribution in [1.29, 1.82) is 0 Å². The number of nitrogens with zero attached hydrogens (tertiary/aromatic N) is 5. The van der Waals surface area contributed by atoms with Crippen LogP contribution in [0.15, 0.2) is 29.4 Å². The van der Waals surface area contributed by atoms with Crippen molar-refractivity contribution in [2.75, 3.05) is 18.8 Å². The van der Waals surface area contributed by atoms with E-state index >= 15 is 0 Å². The average Bonchev–Trinajstić information content (AvgIpc) is 2.97. The third kappa shape index (κ3) is 3.50. The minimum absolute atomic E-state index is 0.230. The second-order valence-electron chi connectivity index (χ2n) is 5.87. The highest BCUT2D eigenvalue weighted by Crippen LogP contribution is 2.25. The summed E-state index contributed by atoms with van der Waals surface area (Å²) in [7, 11) is -1.77. The Morgan fingerprint density at radius 3 is 2.83 bits per heavy atom. The average molecular weight is 336 g/mol. The number of sulfonamides is 1. The molecule has 0 spiro atoms. The van der Waals surface area contributed by atoms with E-state index in [0.29, 0.717) is 25.3 Å². The molecule has 2 aromatic heterocycles. The number of hydrogen-bond donors (Lipinski definition) is 1. The molecule has 0 aromatic carbocycles. The fraction of sp³-hybridized carbons (Fsp3) is 0.500. The van der Waals surface area contributed by atoms with Gasteiger partial charge in [0, 0.05) is 26.3 Å². The highest BCUT2D eigenvalue weighted by Gasteiger charge is 2.31. The lowest BCUT2D eigenvalue weighted by molar-refractivity contribution is 0.264. The van der Waals surface area contributed by atoms with Gasteiger partial charge in [0.15, 0.2) is 0 Å². The highest BCUT2D eigenvalue weighted by molar-refractivity contribution is 7.89. The van der Waals surface area contributed by atoms with E-state index in [1.54, 1.807) is 17.4 Å². The van der Waals surface area contributed by atoms with E-state index in [1.807, 2.05) is 6.07 Å². The fourth-order valence-corrected chi connectivity index (χ4v) is 4.41. The molecule has 1 saturated heterocycles. The van der Waals surface area contributed by atoms with E-state index in [4.69, 9.17) is 5.73 Å². The Morgan fingerprint density at radius 1 is 1.35 bits per heavy atom. The summed E-state index contributed by atoms with van der Waals surface area (Å²) in [5, 5.41) is 11.9. The van der Waals surface area contributed by atoms with Crippen LogP contribution in [0.5, 0.6) is 0 Å². The van der Waals surface area contributed by atoms with E-state index in [1.165, 1.54) is 17.1 Å². The number of aryl methyl sites for hydroxylation is 1. The predicted octanol–water partition coefficient (Wildman–Crippen LogP) is 0.436. The summed E-state index contributed by atoms with van der Waals surface area (Å²) in [6, 6.07) is 3.56. The van der Waals surface area contributed by atoms with Crippen molar-refractivity contribution >= 4 is 15.8 Å². The molecule has 0 saturated carbocycles. The second kappa shape index (κ2) is 6.25. The number of hydrogen-bond acceptors (Lipinski definition) is 6. The van der Waals surface area contributed by atoms with E-state index in [9.17, 15) is 8.42 Å². The van der Waals surface area contributed by atoms with Crippen LogP contribution in [0.3, 0.4) is 0 Å². The van der Waals surface area contributed by atoms with E-state index in [2.05, 4.69) is 15.3 Å². The van der Waals surface area contributed by atoms with Crippen molar-refractivity contribution in [3.05, 3.63) is 30.2 Å². The molecule has 0 amide bonds. The molecule has 2 aromatic rings. The van der Waals surface area contributed by atoms with E-state index in [0.717, 1.165) is 18.5 Å². The molecule has 8 nitrogen and oxygen atoms in total. The molecular weight excluding hydrogens is 316 g/mol. The highest BCUT2D eigenvalue weighted by atomic mass is 32.2. The minimum Gasteiger partial charge on any atom is -0.382 e. The first-order valence-electron chi connectivity index (χ1n) is 7.52. The van der Waals surface area contributed by atoms with Crippen molar-refractivity contribution in [3.63, 3.8) is 0 Å². The molecule has 2 N–H and O–H groups in total. The number of anilines is 1. The molecule has 1 fully saturated rings. The van der Waals surface area contributed by atoms with Crippen LogP contribution in [0.2, 0.25) is 0 Å².